The van der Waals surface area contributed by atoms with Gasteiger partial charge in [-0.15, -0.1) is 0 Å². The second kappa shape index (κ2) is 30.8. The monoisotopic (exact) mass is 1580 g/mol. The van der Waals surface area contributed by atoms with Crippen molar-refractivity contribution in [3.63, 3.8) is 0 Å². The number of benzene rings is 17. The minimum absolute atomic E-state index is 0.536. The van der Waals surface area contributed by atoms with E-state index in [2.05, 4.69) is 351 Å². The van der Waals surface area contributed by atoms with Gasteiger partial charge in [0.05, 0.1) is 44.1 Å². The molecule has 7 heterocycles. The standard InChI is InChI=1S/C57H37N5.C56H36N6/c1-4-14-40(15-5-1)55-58-56(41-16-6-2-7-17-41)60-57(59-55)42-26-24-38(25-27-42)43-30-35-54-50(36-43)48-21-11-13-23-52(48)62(54)46-32-28-39(29-33-46)44-31-34-53-49(37-44)47-20-10-12-22-51(47)61(53)45-18-8-3-9-19-45;1-3-15-37(16-4-1)54-58-55(60-56(59-54)49-25-11-12-32-57-49)42-19-13-17-38(33-42)40-29-31-52-48(35-40)46-24-8-10-27-51(46)62(52)44-22-14-18-39(34-44)41-28-30-47-45-23-7-9-26-50(45)61(53(47)36-41)43-20-5-2-6-21-43/h1-37H;1-36H. The minimum Gasteiger partial charge on any atom is -0.309 e. The molecule has 0 amide bonds. The smallest absolute Gasteiger partial charge is 0.182 e. The summed E-state index contributed by atoms with van der Waals surface area (Å²) in [4.78, 5) is 34.1. The van der Waals surface area contributed by atoms with E-state index >= 15 is 0 Å². The second-order valence-electron chi connectivity index (χ2n) is 31.2. The van der Waals surface area contributed by atoms with Crippen LogP contribution in [-0.4, -0.2) is 53.2 Å². The van der Waals surface area contributed by atoms with Gasteiger partial charge in [-0.1, -0.05) is 303 Å². The third-order valence-electron chi connectivity index (χ3n) is 23.8. The normalized spacial score (nSPS) is 11.5. The van der Waals surface area contributed by atoms with E-state index in [1.807, 2.05) is 109 Å². The van der Waals surface area contributed by atoms with Crippen molar-refractivity contribution in [2.75, 3.05) is 0 Å². The van der Waals surface area contributed by atoms with E-state index in [9.17, 15) is 0 Å². The summed E-state index contributed by atoms with van der Waals surface area (Å²) in [5.41, 5.74) is 28.6. The number of nitrogens with zero attached hydrogens (tertiary/aromatic N) is 11. The van der Waals surface area contributed by atoms with Crippen LogP contribution in [0.15, 0.2) is 443 Å². The fraction of sp³-hybridized carbons (Fsp3) is 0. The van der Waals surface area contributed by atoms with E-state index < -0.39 is 0 Å². The molecule has 0 radical (unpaired) electrons. The van der Waals surface area contributed by atoms with Gasteiger partial charge >= 0.3 is 0 Å². The molecule has 24 aromatic rings. The van der Waals surface area contributed by atoms with E-state index in [0.29, 0.717) is 40.6 Å². The van der Waals surface area contributed by atoms with Crippen LogP contribution < -0.4 is 0 Å². The van der Waals surface area contributed by atoms with Crippen molar-refractivity contribution < 1.29 is 0 Å². The highest BCUT2D eigenvalue weighted by Crippen LogP contribution is 2.43. The van der Waals surface area contributed by atoms with E-state index in [1.165, 1.54) is 98.6 Å². The number of hydrogen-bond donors (Lipinski definition) is 0. The van der Waals surface area contributed by atoms with Gasteiger partial charge in [-0.05, 0) is 178 Å². The lowest BCUT2D eigenvalue weighted by Gasteiger charge is -2.12. The zero-order chi connectivity index (χ0) is 82.0. The van der Waals surface area contributed by atoms with Crippen molar-refractivity contribution in [2.45, 2.75) is 0 Å². The van der Waals surface area contributed by atoms with Gasteiger partial charge in [-0.25, -0.2) is 29.9 Å². The largest absolute Gasteiger partial charge is 0.309 e. The van der Waals surface area contributed by atoms with Crippen LogP contribution in [0.2, 0.25) is 0 Å². The van der Waals surface area contributed by atoms with Crippen molar-refractivity contribution in [3.8, 4) is 136 Å². The highest BCUT2D eigenvalue weighted by Gasteiger charge is 2.22. The van der Waals surface area contributed by atoms with Crippen LogP contribution in [-0.2, 0) is 0 Å². The lowest BCUT2D eigenvalue weighted by Crippen LogP contribution is -2.01. The first-order valence-corrected chi connectivity index (χ1v) is 41.7. The first kappa shape index (κ1) is 72.3. The zero-order valence-corrected chi connectivity index (χ0v) is 67.1. The Morgan fingerprint density at radius 3 is 0.871 bits per heavy atom. The molecule has 0 aliphatic rings. The Hall–Kier alpha value is -16.9. The predicted octanol–water partition coefficient (Wildman–Crippen LogP) is 28.2. The lowest BCUT2D eigenvalue weighted by atomic mass is 10.0. The maximum absolute atomic E-state index is 4.98. The Morgan fingerprint density at radius 2 is 0.411 bits per heavy atom. The molecule has 11 heteroatoms. The van der Waals surface area contributed by atoms with Crippen molar-refractivity contribution in [1.82, 2.24) is 53.2 Å². The first-order valence-electron chi connectivity index (χ1n) is 41.7. The molecule has 24 rings (SSSR count). The molecule has 7 aromatic heterocycles. The van der Waals surface area contributed by atoms with Crippen molar-refractivity contribution in [2.24, 2.45) is 0 Å². The minimum atomic E-state index is 0.536. The van der Waals surface area contributed by atoms with Gasteiger partial charge in [0.2, 0.25) is 0 Å². The fourth-order valence-electron chi connectivity index (χ4n) is 17.9. The molecule has 0 bridgehead atoms. The maximum atomic E-state index is 4.98. The van der Waals surface area contributed by atoms with E-state index in [1.54, 1.807) is 6.20 Å². The van der Waals surface area contributed by atoms with Crippen molar-refractivity contribution >= 4 is 87.2 Å². The Bertz CT molecular complexity index is 8070. The molecule has 0 saturated heterocycles. The Balaban J connectivity index is 0.000000143. The molecule has 0 N–H and O–H groups in total. The number of hydrogen-bond acceptors (Lipinski definition) is 7. The number of aromatic nitrogens is 11. The summed E-state index contributed by atoms with van der Waals surface area (Å²) in [5.74, 6) is 3.69. The molecule has 124 heavy (non-hydrogen) atoms. The molecule has 0 atom stereocenters. The molecule has 11 nitrogen and oxygen atoms in total. The van der Waals surface area contributed by atoms with Gasteiger partial charge in [0.15, 0.2) is 34.9 Å². The quantitative estimate of drug-likeness (QED) is 0.107. The van der Waals surface area contributed by atoms with Gasteiger partial charge in [0.1, 0.15) is 5.69 Å². The SMILES string of the molecule is c1ccc(-c2nc(-c3cccc(-c4ccc5c(c4)c4ccccc4n5-c4cccc(-c5ccc6c7ccccc7n(-c7ccccc7)c6c5)c4)c3)nc(-c3ccccn3)n2)cc1.c1ccc(-c2nc(-c3ccccc3)nc(-c3ccc(-c4ccc5c(c4)c4ccccc4n5-c4ccc(-c5ccc6c(c5)c5ccccc5n6-c5ccccc5)cc4)cc3)n2)cc1. The molecular weight excluding hydrogens is 1510 g/mol. The highest BCUT2D eigenvalue weighted by atomic mass is 15.1. The molecule has 0 aliphatic heterocycles. The topological polar surface area (TPSA) is 110 Å². The molecule has 0 fully saturated rings. The van der Waals surface area contributed by atoms with Crippen LogP contribution in [0.3, 0.4) is 0 Å². The highest BCUT2D eigenvalue weighted by molar-refractivity contribution is 6.14. The van der Waals surface area contributed by atoms with Crippen molar-refractivity contribution in [3.05, 3.63) is 443 Å². The van der Waals surface area contributed by atoms with Crippen LogP contribution in [0.4, 0.5) is 0 Å². The van der Waals surface area contributed by atoms with Crippen LogP contribution in [0, 0.1) is 0 Å². The summed E-state index contributed by atoms with van der Waals surface area (Å²) in [7, 11) is 0. The summed E-state index contributed by atoms with van der Waals surface area (Å²) in [5, 5.41) is 9.81. The summed E-state index contributed by atoms with van der Waals surface area (Å²) in [6.07, 6.45) is 1.76. The molecule has 0 unspecified atom stereocenters. The third kappa shape index (κ3) is 13.1. The van der Waals surface area contributed by atoms with Crippen LogP contribution >= 0.6 is 0 Å². The Morgan fingerprint density at radius 1 is 0.137 bits per heavy atom. The molecule has 0 saturated carbocycles. The van der Waals surface area contributed by atoms with Crippen LogP contribution in [0.5, 0.6) is 0 Å². The van der Waals surface area contributed by atoms with Gasteiger partial charge in [0, 0.05) is 99.9 Å². The van der Waals surface area contributed by atoms with Crippen LogP contribution in [0.1, 0.15) is 0 Å². The summed E-state index contributed by atoms with van der Waals surface area (Å²) in [6, 6.07) is 154. The first-order chi connectivity index (χ1) is 61.5. The number of fused-ring (bicyclic) bond motifs is 12. The molecule has 17 aromatic carbocycles. The summed E-state index contributed by atoms with van der Waals surface area (Å²) in [6.45, 7) is 0. The number of rotatable bonds is 14. The van der Waals surface area contributed by atoms with Crippen molar-refractivity contribution in [1.29, 1.82) is 0 Å². The Labute approximate surface area is 714 Å². The van der Waals surface area contributed by atoms with E-state index in [-0.39, 0.29) is 0 Å². The van der Waals surface area contributed by atoms with E-state index in [0.717, 1.165) is 83.7 Å². The number of para-hydroxylation sites is 6. The number of pyridine rings is 1. The molecule has 0 aliphatic carbocycles. The predicted molar refractivity (Wildman–Crippen MR) is 509 cm³/mol. The van der Waals surface area contributed by atoms with Gasteiger partial charge in [0.25, 0.3) is 0 Å². The van der Waals surface area contributed by atoms with Gasteiger partial charge < -0.3 is 18.3 Å². The maximum Gasteiger partial charge on any atom is 0.182 e. The van der Waals surface area contributed by atoms with E-state index in [4.69, 9.17) is 29.9 Å². The summed E-state index contributed by atoms with van der Waals surface area (Å²) >= 11 is 0. The van der Waals surface area contributed by atoms with Crippen LogP contribution in [0.25, 0.3) is 223 Å². The lowest BCUT2D eigenvalue weighted by molar-refractivity contribution is 1.06. The fourth-order valence-corrected chi connectivity index (χ4v) is 17.9. The molecular formula is C113H73N11. The molecule has 0 spiro atoms. The zero-order valence-electron chi connectivity index (χ0n) is 67.1. The summed E-state index contributed by atoms with van der Waals surface area (Å²) < 4.78 is 9.51. The Kier molecular flexibility index (Phi) is 18.0. The average molecular weight is 1580 g/mol. The second-order valence-corrected chi connectivity index (χ2v) is 31.2. The third-order valence-corrected chi connectivity index (χ3v) is 23.8. The van der Waals surface area contributed by atoms with Gasteiger partial charge in [-0.3, -0.25) is 4.98 Å². The average Bonchev–Trinajstić information content (AvgIpc) is 1.59. The molecule has 580 valence electrons. The van der Waals surface area contributed by atoms with Gasteiger partial charge in [-0.2, -0.15) is 0 Å².